The summed E-state index contributed by atoms with van der Waals surface area (Å²) in [6.07, 6.45) is 2.51. The van der Waals surface area contributed by atoms with Gasteiger partial charge in [-0.25, -0.2) is 14.8 Å². The van der Waals surface area contributed by atoms with Gasteiger partial charge < -0.3 is 19.6 Å². The Bertz CT molecular complexity index is 728. The predicted molar refractivity (Wildman–Crippen MR) is 99.7 cm³/mol. The third-order valence-electron chi connectivity index (χ3n) is 5.71. The second-order valence-corrected chi connectivity index (χ2v) is 7.67. The standard InChI is InChI=1S/C17H24N4O2.C2HF3O2/c22-16(20-7-1-2-8-20)10-15-14-4-9-21(11-13(14)12-23-15)17-18-5-3-6-19-17;3-2(4,5)1(6)7/h3,5-6,13-15H,1-2,4,7-12H2;(H,6,7)/t13-,14-,15-;/m1./s1. The molecule has 4 heterocycles. The molecule has 0 bridgehead atoms. The Morgan fingerprint density at radius 1 is 1.17 bits per heavy atom. The molecule has 4 rings (SSSR count). The van der Waals surface area contributed by atoms with Crippen molar-refractivity contribution in [1.29, 1.82) is 0 Å². The Morgan fingerprint density at radius 3 is 2.40 bits per heavy atom. The summed E-state index contributed by atoms with van der Waals surface area (Å²) in [6, 6.07) is 1.84. The number of nitrogens with zero attached hydrogens (tertiary/aromatic N) is 4. The van der Waals surface area contributed by atoms with Gasteiger partial charge in [0.25, 0.3) is 0 Å². The zero-order valence-corrected chi connectivity index (χ0v) is 16.4. The summed E-state index contributed by atoms with van der Waals surface area (Å²) < 4.78 is 37.7. The van der Waals surface area contributed by atoms with Crippen LogP contribution in [-0.2, 0) is 14.3 Å². The summed E-state index contributed by atoms with van der Waals surface area (Å²) in [4.78, 5) is 34.2. The van der Waals surface area contributed by atoms with E-state index in [1.54, 1.807) is 12.4 Å². The molecule has 3 saturated heterocycles. The largest absolute Gasteiger partial charge is 0.490 e. The lowest BCUT2D eigenvalue weighted by molar-refractivity contribution is -0.192. The van der Waals surface area contributed by atoms with Crippen molar-refractivity contribution in [2.75, 3.05) is 37.7 Å². The zero-order valence-electron chi connectivity index (χ0n) is 16.4. The van der Waals surface area contributed by atoms with Crippen LogP contribution >= 0.6 is 0 Å². The van der Waals surface area contributed by atoms with Crippen LogP contribution < -0.4 is 4.90 Å². The van der Waals surface area contributed by atoms with Crippen LogP contribution in [-0.4, -0.2) is 76.9 Å². The maximum atomic E-state index is 12.4. The number of aromatic nitrogens is 2. The quantitative estimate of drug-likeness (QED) is 0.783. The number of aliphatic carboxylic acids is 1. The summed E-state index contributed by atoms with van der Waals surface area (Å²) in [5.41, 5.74) is 0. The molecule has 11 heteroatoms. The van der Waals surface area contributed by atoms with E-state index in [1.807, 2.05) is 11.0 Å². The number of likely N-dealkylation sites (tertiary alicyclic amines) is 1. The molecule has 30 heavy (non-hydrogen) atoms. The smallest absolute Gasteiger partial charge is 0.475 e. The Hall–Kier alpha value is -2.43. The number of carboxylic acids is 1. The molecule has 1 amide bonds. The minimum Gasteiger partial charge on any atom is -0.475 e. The molecule has 0 unspecified atom stereocenters. The second-order valence-electron chi connectivity index (χ2n) is 7.67. The minimum atomic E-state index is -5.08. The van der Waals surface area contributed by atoms with Crippen molar-refractivity contribution in [2.45, 2.75) is 38.0 Å². The highest BCUT2D eigenvalue weighted by Crippen LogP contribution is 2.37. The fourth-order valence-corrected chi connectivity index (χ4v) is 4.20. The van der Waals surface area contributed by atoms with Crippen LogP contribution in [0.5, 0.6) is 0 Å². The third kappa shape index (κ3) is 5.59. The molecule has 1 aromatic rings. The number of piperidine rings is 1. The van der Waals surface area contributed by atoms with Crippen molar-refractivity contribution in [3.05, 3.63) is 18.5 Å². The molecular formula is C19H25F3N4O4. The topological polar surface area (TPSA) is 95.9 Å². The minimum absolute atomic E-state index is 0.104. The number of carboxylic acid groups (broad SMARTS) is 1. The number of ether oxygens (including phenoxy) is 1. The van der Waals surface area contributed by atoms with Crippen LogP contribution in [0.2, 0.25) is 0 Å². The first kappa shape index (κ1) is 22.3. The number of carbonyl (C=O) groups excluding carboxylic acids is 1. The lowest BCUT2D eigenvalue weighted by atomic mass is 9.83. The van der Waals surface area contributed by atoms with Crippen LogP contribution in [0, 0.1) is 11.8 Å². The van der Waals surface area contributed by atoms with Gasteiger partial charge in [-0.15, -0.1) is 0 Å². The summed E-state index contributed by atoms with van der Waals surface area (Å²) >= 11 is 0. The van der Waals surface area contributed by atoms with Gasteiger partial charge in [0.15, 0.2) is 0 Å². The number of fused-ring (bicyclic) bond motifs is 1. The predicted octanol–water partition coefficient (Wildman–Crippen LogP) is 1.96. The van der Waals surface area contributed by atoms with Gasteiger partial charge in [0, 0.05) is 44.5 Å². The average Bonchev–Trinajstić information content (AvgIpc) is 3.38. The number of halogens is 3. The first-order valence-electron chi connectivity index (χ1n) is 9.97. The maximum Gasteiger partial charge on any atom is 0.490 e. The molecule has 1 aromatic heterocycles. The van der Waals surface area contributed by atoms with Crippen molar-refractivity contribution in [3.8, 4) is 0 Å². The number of carbonyl (C=O) groups is 2. The molecule has 0 saturated carbocycles. The molecule has 0 aromatic carbocycles. The number of rotatable bonds is 3. The van der Waals surface area contributed by atoms with Gasteiger partial charge in [-0.3, -0.25) is 4.79 Å². The fourth-order valence-electron chi connectivity index (χ4n) is 4.20. The van der Waals surface area contributed by atoms with E-state index in [0.29, 0.717) is 18.3 Å². The van der Waals surface area contributed by atoms with E-state index in [-0.39, 0.29) is 12.0 Å². The third-order valence-corrected chi connectivity index (χ3v) is 5.71. The van der Waals surface area contributed by atoms with Crippen molar-refractivity contribution in [2.24, 2.45) is 11.8 Å². The van der Waals surface area contributed by atoms with Gasteiger partial charge in [-0.05, 0) is 31.2 Å². The van der Waals surface area contributed by atoms with Gasteiger partial charge in [0.1, 0.15) is 0 Å². The molecule has 3 aliphatic heterocycles. The van der Waals surface area contributed by atoms with Crippen LogP contribution in [0.15, 0.2) is 18.5 Å². The van der Waals surface area contributed by atoms with Gasteiger partial charge in [0.2, 0.25) is 11.9 Å². The van der Waals surface area contributed by atoms with E-state index in [4.69, 9.17) is 14.6 Å². The monoisotopic (exact) mass is 430 g/mol. The SMILES string of the molecule is O=C(C[C@H]1OC[C@H]2CN(c3ncccn3)CC[C@H]21)N1CCCC1.O=C(O)C(F)(F)F. The van der Waals surface area contributed by atoms with Crippen molar-refractivity contribution in [1.82, 2.24) is 14.9 Å². The first-order chi connectivity index (χ1) is 14.3. The summed E-state index contributed by atoms with van der Waals surface area (Å²) in [5, 5.41) is 7.12. The second kappa shape index (κ2) is 9.59. The normalized spacial score (nSPS) is 26.0. The maximum absolute atomic E-state index is 12.4. The van der Waals surface area contributed by atoms with Crippen LogP contribution in [0.4, 0.5) is 19.1 Å². The van der Waals surface area contributed by atoms with Gasteiger partial charge in [0.05, 0.1) is 19.1 Å². The lowest BCUT2D eigenvalue weighted by Gasteiger charge is -2.35. The lowest BCUT2D eigenvalue weighted by Crippen LogP contribution is -2.43. The Morgan fingerprint density at radius 2 is 1.80 bits per heavy atom. The number of hydrogen-bond acceptors (Lipinski definition) is 6. The zero-order chi connectivity index (χ0) is 21.7. The first-order valence-corrected chi connectivity index (χ1v) is 9.97. The molecular weight excluding hydrogens is 405 g/mol. The molecule has 166 valence electrons. The van der Waals surface area contributed by atoms with Crippen LogP contribution in [0.1, 0.15) is 25.7 Å². The molecule has 0 aliphatic carbocycles. The molecule has 3 atom stereocenters. The highest BCUT2D eigenvalue weighted by Gasteiger charge is 2.42. The summed E-state index contributed by atoms with van der Waals surface area (Å²) in [7, 11) is 0. The van der Waals surface area contributed by atoms with E-state index in [9.17, 15) is 18.0 Å². The van der Waals surface area contributed by atoms with Gasteiger partial charge >= 0.3 is 12.1 Å². The van der Waals surface area contributed by atoms with E-state index in [1.165, 1.54) is 0 Å². The Labute approximate surface area is 172 Å². The Kier molecular flexibility index (Phi) is 7.11. The van der Waals surface area contributed by atoms with Crippen LogP contribution in [0.25, 0.3) is 0 Å². The molecule has 3 aliphatic rings. The number of amides is 1. The number of alkyl halides is 3. The van der Waals surface area contributed by atoms with E-state index in [0.717, 1.165) is 58.0 Å². The number of hydrogen-bond donors (Lipinski definition) is 1. The van der Waals surface area contributed by atoms with E-state index in [2.05, 4.69) is 14.9 Å². The van der Waals surface area contributed by atoms with E-state index < -0.39 is 12.1 Å². The highest BCUT2D eigenvalue weighted by molar-refractivity contribution is 5.77. The number of anilines is 1. The molecule has 3 fully saturated rings. The van der Waals surface area contributed by atoms with Crippen molar-refractivity contribution in [3.63, 3.8) is 0 Å². The fraction of sp³-hybridized carbons (Fsp3) is 0.684. The van der Waals surface area contributed by atoms with Crippen molar-refractivity contribution >= 4 is 17.8 Å². The van der Waals surface area contributed by atoms with Crippen LogP contribution in [0.3, 0.4) is 0 Å². The van der Waals surface area contributed by atoms with Crippen molar-refractivity contribution < 1.29 is 32.6 Å². The molecule has 1 N–H and O–H groups in total. The van der Waals surface area contributed by atoms with Gasteiger partial charge in [-0.2, -0.15) is 13.2 Å². The molecule has 0 spiro atoms. The van der Waals surface area contributed by atoms with E-state index >= 15 is 0 Å². The Balaban J connectivity index is 0.000000318. The summed E-state index contributed by atoms with van der Waals surface area (Å²) in [5.74, 6) is -0.678. The summed E-state index contributed by atoms with van der Waals surface area (Å²) in [6.45, 7) is 4.50. The molecule has 0 radical (unpaired) electrons. The molecule has 8 nitrogen and oxygen atoms in total. The highest BCUT2D eigenvalue weighted by atomic mass is 19.4. The average molecular weight is 430 g/mol. The van der Waals surface area contributed by atoms with Gasteiger partial charge in [-0.1, -0.05) is 0 Å².